The maximum atomic E-state index is 12.7. The molecule has 1 N–H and O–H groups in total. The van der Waals surface area contributed by atoms with Gasteiger partial charge in [0.15, 0.2) is 0 Å². The number of carbonyl (C=O) groups excluding carboxylic acids is 1. The van der Waals surface area contributed by atoms with Crippen LogP contribution in [-0.4, -0.2) is 72.4 Å². The smallest absolute Gasteiger partial charge is 0.311 e. The van der Waals surface area contributed by atoms with Crippen molar-refractivity contribution in [2.24, 2.45) is 23.2 Å². The standard InChI is InChI=1S/C21H34N2O3/c1-4-22-8-10-23(11-9-22)13-16-18-17(26-20(16)25)12-15-7-5-6-14(2)21(15,3)19(18)24/h7,14,16-19,24H,4-6,8-13H2,1-3H3/t14-,16+,17+,18+,19+,21+/m0/s1. The van der Waals surface area contributed by atoms with E-state index in [1.165, 1.54) is 5.57 Å². The van der Waals surface area contributed by atoms with E-state index in [2.05, 4.69) is 36.6 Å². The monoisotopic (exact) mass is 362 g/mol. The van der Waals surface area contributed by atoms with E-state index in [4.69, 9.17) is 4.74 Å². The lowest BCUT2D eigenvalue weighted by molar-refractivity contribution is -0.145. The van der Waals surface area contributed by atoms with Crippen LogP contribution in [0, 0.1) is 23.2 Å². The maximum absolute atomic E-state index is 12.7. The van der Waals surface area contributed by atoms with Crippen molar-refractivity contribution in [3.8, 4) is 0 Å². The maximum Gasteiger partial charge on any atom is 0.311 e. The number of esters is 1. The van der Waals surface area contributed by atoms with Crippen molar-refractivity contribution in [3.05, 3.63) is 11.6 Å². The second kappa shape index (κ2) is 6.92. The number of nitrogens with zero attached hydrogens (tertiary/aromatic N) is 2. The zero-order chi connectivity index (χ0) is 18.5. The Morgan fingerprint density at radius 1 is 1.27 bits per heavy atom. The van der Waals surface area contributed by atoms with Gasteiger partial charge in [-0.2, -0.15) is 0 Å². The van der Waals surface area contributed by atoms with Crippen LogP contribution in [0.5, 0.6) is 0 Å². The Morgan fingerprint density at radius 3 is 2.65 bits per heavy atom. The molecule has 0 amide bonds. The molecular weight excluding hydrogens is 328 g/mol. The van der Waals surface area contributed by atoms with Crippen LogP contribution in [-0.2, 0) is 9.53 Å². The lowest BCUT2D eigenvalue weighted by Crippen LogP contribution is -2.55. The van der Waals surface area contributed by atoms with Crippen molar-refractivity contribution < 1.29 is 14.6 Å². The van der Waals surface area contributed by atoms with Crippen LogP contribution in [0.3, 0.4) is 0 Å². The molecule has 4 rings (SSSR count). The highest BCUT2D eigenvalue weighted by atomic mass is 16.6. The summed E-state index contributed by atoms with van der Waals surface area (Å²) in [6, 6.07) is 0. The molecule has 4 aliphatic rings. The van der Waals surface area contributed by atoms with E-state index in [9.17, 15) is 9.90 Å². The summed E-state index contributed by atoms with van der Waals surface area (Å²) in [6.07, 6.45) is 4.68. The van der Waals surface area contributed by atoms with Gasteiger partial charge in [0.05, 0.1) is 12.0 Å². The summed E-state index contributed by atoms with van der Waals surface area (Å²) in [5, 5.41) is 11.4. The number of hydrogen-bond acceptors (Lipinski definition) is 5. The van der Waals surface area contributed by atoms with Crippen LogP contribution < -0.4 is 0 Å². The number of allylic oxidation sites excluding steroid dienone is 1. The van der Waals surface area contributed by atoms with Crippen molar-refractivity contribution in [2.75, 3.05) is 39.3 Å². The van der Waals surface area contributed by atoms with Gasteiger partial charge in [-0.25, -0.2) is 0 Å². The molecule has 146 valence electrons. The zero-order valence-corrected chi connectivity index (χ0v) is 16.5. The molecule has 0 aromatic rings. The van der Waals surface area contributed by atoms with Gasteiger partial charge in [0.25, 0.3) is 0 Å². The van der Waals surface area contributed by atoms with Crippen molar-refractivity contribution in [1.29, 1.82) is 0 Å². The summed E-state index contributed by atoms with van der Waals surface area (Å²) in [5.74, 6) is 0.112. The van der Waals surface area contributed by atoms with E-state index in [0.29, 0.717) is 5.92 Å². The van der Waals surface area contributed by atoms with Crippen LogP contribution in [0.2, 0.25) is 0 Å². The average Bonchev–Trinajstić information content (AvgIpc) is 2.94. The topological polar surface area (TPSA) is 53.0 Å². The molecule has 2 heterocycles. The van der Waals surface area contributed by atoms with Gasteiger partial charge in [0, 0.05) is 50.5 Å². The summed E-state index contributed by atoms with van der Waals surface area (Å²) >= 11 is 0. The number of rotatable bonds is 3. The average molecular weight is 363 g/mol. The number of ether oxygens (including phenoxy) is 1. The predicted molar refractivity (Wildman–Crippen MR) is 101 cm³/mol. The zero-order valence-electron chi connectivity index (χ0n) is 16.5. The minimum atomic E-state index is -0.490. The SMILES string of the molecule is CCN1CCN(C[C@H]2C(=O)O[C@@H]3CC4=CCC[C@H](C)[C@@]4(C)[C@H](O)[C@@H]32)CC1. The van der Waals surface area contributed by atoms with Gasteiger partial charge >= 0.3 is 5.97 Å². The minimum Gasteiger partial charge on any atom is -0.461 e. The van der Waals surface area contributed by atoms with E-state index in [-0.39, 0.29) is 29.3 Å². The Kier molecular flexibility index (Phi) is 4.91. The van der Waals surface area contributed by atoms with Crippen LogP contribution in [0.25, 0.3) is 0 Å². The molecule has 0 spiro atoms. The first-order valence-electron chi connectivity index (χ1n) is 10.5. The van der Waals surface area contributed by atoms with Gasteiger partial charge < -0.3 is 14.7 Å². The van der Waals surface area contributed by atoms with E-state index < -0.39 is 6.10 Å². The summed E-state index contributed by atoms with van der Waals surface area (Å²) in [6.45, 7) is 12.6. The fourth-order valence-corrected chi connectivity index (χ4v) is 5.84. The Labute approximate surface area is 157 Å². The van der Waals surface area contributed by atoms with E-state index in [0.717, 1.165) is 58.5 Å². The van der Waals surface area contributed by atoms with Crippen LogP contribution in [0.15, 0.2) is 11.6 Å². The van der Waals surface area contributed by atoms with E-state index in [1.807, 2.05) is 0 Å². The summed E-state index contributed by atoms with van der Waals surface area (Å²) in [5.41, 5.74) is 1.11. The van der Waals surface area contributed by atoms with Gasteiger partial charge in [0.1, 0.15) is 6.10 Å². The third-order valence-electron chi connectivity index (χ3n) is 7.94. The number of fused-ring (bicyclic) bond motifs is 2. The summed E-state index contributed by atoms with van der Waals surface area (Å²) in [7, 11) is 0. The van der Waals surface area contributed by atoms with Crippen molar-refractivity contribution in [3.63, 3.8) is 0 Å². The van der Waals surface area contributed by atoms with Crippen LogP contribution in [0.4, 0.5) is 0 Å². The number of carbonyl (C=O) groups is 1. The summed E-state index contributed by atoms with van der Waals surface area (Å²) in [4.78, 5) is 17.5. The fourth-order valence-electron chi connectivity index (χ4n) is 5.84. The van der Waals surface area contributed by atoms with Crippen LogP contribution in [0.1, 0.15) is 40.0 Å². The Morgan fingerprint density at radius 2 is 1.96 bits per heavy atom. The molecule has 1 saturated carbocycles. The third kappa shape index (κ3) is 2.83. The Bertz CT molecular complexity index is 584. The predicted octanol–water partition coefficient (Wildman–Crippen LogP) is 1.91. The molecule has 2 aliphatic heterocycles. The number of likely N-dealkylation sites (N-methyl/N-ethyl adjacent to an activating group) is 1. The molecule has 2 aliphatic carbocycles. The second-order valence-corrected chi connectivity index (χ2v) is 9.03. The van der Waals surface area contributed by atoms with Gasteiger partial charge in [-0.3, -0.25) is 9.69 Å². The normalized spacial score (nSPS) is 44.2. The molecule has 0 aromatic heterocycles. The fraction of sp³-hybridized carbons (Fsp3) is 0.857. The number of hydrogen-bond donors (Lipinski definition) is 1. The molecule has 3 fully saturated rings. The van der Waals surface area contributed by atoms with Gasteiger partial charge in [-0.15, -0.1) is 0 Å². The molecule has 0 bridgehead atoms. The largest absolute Gasteiger partial charge is 0.461 e. The number of aliphatic hydroxyl groups excluding tert-OH is 1. The third-order valence-corrected chi connectivity index (χ3v) is 7.94. The first-order chi connectivity index (χ1) is 12.4. The molecule has 6 atom stereocenters. The van der Waals surface area contributed by atoms with E-state index in [1.54, 1.807) is 0 Å². The quantitative estimate of drug-likeness (QED) is 0.614. The van der Waals surface area contributed by atoms with Crippen molar-refractivity contribution in [2.45, 2.75) is 52.2 Å². The highest BCUT2D eigenvalue weighted by molar-refractivity contribution is 5.76. The van der Waals surface area contributed by atoms with Gasteiger partial charge in [-0.05, 0) is 25.3 Å². The molecular formula is C21H34N2O3. The van der Waals surface area contributed by atoms with Crippen molar-refractivity contribution in [1.82, 2.24) is 9.80 Å². The lowest BCUT2D eigenvalue weighted by Gasteiger charge is -2.52. The molecule has 0 radical (unpaired) electrons. The number of piperazine rings is 1. The van der Waals surface area contributed by atoms with Crippen LogP contribution >= 0.6 is 0 Å². The molecule has 5 nitrogen and oxygen atoms in total. The van der Waals surface area contributed by atoms with Gasteiger partial charge in [-0.1, -0.05) is 32.4 Å². The molecule has 0 unspecified atom stereocenters. The number of aliphatic hydroxyl groups is 1. The first-order valence-corrected chi connectivity index (χ1v) is 10.5. The molecule has 2 saturated heterocycles. The van der Waals surface area contributed by atoms with E-state index >= 15 is 0 Å². The molecule has 5 heteroatoms. The second-order valence-electron chi connectivity index (χ2n) is 9.03. The Balaban J connectivity index is 1.52. The van der Waals surface area contributed by atoms with Gasteiger partial charge in [0.2, 0.25) is 0 Å². The lowest BCUT2D eigenvalue weighted by atomic mass is 9.55. The minimum absolute atomic E-state index is 0.0607. The first kappa shape index (κ1) is 18.5. The summed E-state index contributed by atoms with van der Waals surface area (Å²) < 4.78 is 5.78. The highest BCUT2D eigenvalue weighted by Gasteiger charge is 2.59. The molecule has 26 heavy (non-hydrogen) atoms. The van der Waals surface area contributed by atoms with Crippen molar-refractivity contribution >= 4 is 5.97 Å². The molecule has 0 aromatic carbocycles. The highest BCUT2D eigenvalue weighted by Crippen LogP contribution is 2.56. The Hall–Kier alpha value is -0.910.